The molecule has 0 aliphatic carbocycles. The van der Waals surface area contributed by atoms with Crippen LogP contribution in [0.4, 0.5) is 0 Å². The summed E-state index contributed by atoms with van der Waals surface area (Å²) in [5.74, 6) is -0.108. The normalized spacial score (nSPS) is 5.10. The van der Waals surface area contributed by atoms with Crippen molar-refractivity contribution in [3.8, 4) is 12.1 Å². The van der Waals surface area contributed by atoms with Gasteiger partial charge in [-0.25, -0.2) is 10.5 Å². The third-order valence-corrected chi connectivity index (χ3v) is 0.865. The Kier molecular flexibility index (Phi) is 21.2. The molecule has 0 saturated heterocycles. The predicted molar refractivity (Wildman–Crippen MR) is 41.8 cm³/mol. The molecule has 0 aliphatic heterocycles. The Labute approximate surface area is 156 Å². The maximum Gasteiger partial charge on any atom is 1.00 e. The minimum atomic E-state index is -0.108. The fourth-order valence-electron chi connectivity index (χ4n) is 0.121. The molecule has 0 spiro atoms. The zero-order chi connectivity index (χ0) is 6.57. The topological polar surface area (TPSA) is 47.6 Å². The first-order valence-electron chi connectivity index (χ1n) is 1.62. The average Bonchev–Trinajstić information content (AvgIpc) is 1.69. The van der Waals surface area contributed by atoms with E-state index in [1.165, 1.54) is 0 Å². The summed E-state index contributed by atoms with van der Waals surface area (Å²) in [5, 5.41) is 16.1. The molecule has 1 radical (unpaired) electrons. The molecule has 0 N–H and O–H groups in total. The number of nitriles is 2. The second kappa shape index (κ2) is 11.6. The predicted octanol–water partition coefficient (Wildman–Crippen LogP) is -2.51. The summed E-state index contributed by atoms with van der Waals surface area (Å²) in [4.78, 5) is 0. The van der Waals surface area contributed by atoms with Gasteiger partial charge in [0.2, 0.25) is 0 Å². The van der Waals surface area contributed by atoms with E-state index in [1.54, 1.807) is 12.1 Å². The molecule has 0 aromatic rings. The Hall–Kier alpha value is 2.56. The minimum Gasteiger partial charge on any atom is -0.233 e. The number of hydrogen-bond acceptors (Lipinski definition) is 3. The Bertz CT molecular complexity index is 167. The summed E-state index contributed by atoms with van der Waals surface area (Å²) < 4.78 is 0.0509. The van der Waals surface area contributed by atoms with Gasteiger partial charge < -0.3 is 0 Å². The summed E-state index contributed by atoms with van der Waals surface area (Å²) in [7, 11) is 0. The molecule has 0 saturated carbocycles. The van der Waals surface area contributed by atoms with Crippen LogP contribution >= 0.6 is 24.8 Å². The molecular weight excluding hydrogens is 218 g/mol. The molecule has 0 atom stereocenters. The Morgan fingerprint density at radius 3 is 1.70 bits per heavy atom. The Morgan fingerprint density at radius 2 is 1.70 bits per heavy atom. The molecule has 0 bridgehead atoms. The maximum absolute atomic E-state index is 8.05. The van der Waals surface area contributed by atoms with Gasteiger partial charge in [0.05, 0.1) is 0 Å². The summed E-state index contributed by atoms with van der Waals surface area (Å²) in [5.41, 5.74) is 0. The third kappa shape index (κ3) is 8.66. The van der Waals surface area contributed by atoms with Gasteiger partial charge in [0.1, 0.15) is 0 Å². The summed E-state index contributed by atoms with van der Waals surface area (Å²) in [6.07, 6.45) is 0. The van der Waals surface area contributed by atoms with Crippen LogP contribution < -0.4 is 51.4 Å². The summed E-state index contributed by atoms with van der Waals surface area (Å²) >= 11 is 8.00. The van der Waals surface area contributed by atoms with Crippen LogP contribution in [0.2, 0.25) is 0 Å². The summed E-state index contributed by atoms with van der Waals surface area (Å²) in [6, 6.07) is 3.18. The van der Waals surface area contributed by atoms with E-state index in [2.05, 4.69) is 24.8 Å². The van der Waals surface area contributed by atoms with Gasteiger partial charge >= 0.3 is 51.4 Å². The number of rotatable bonds is 1. The first-order valence-corrected chi connectivity index (χ1v) is 2.48. The fourth-order valence-corrected chi connectivity index (χ4v) is 0.312. The van der Waals surface area contributed by atoms with Gasteiger partial charge in [-0.15, -0.1) is 18.1 Å². The van der Waals surface area contributed by atoms with Crippen LogP contribution in [0.25, 0.3) is 0 Å². The van der Waals surface area contributed by atoms with Crippen molar-refractivity contribution in [1.82, 2.24) is 0 Å². The summed E-state index contributed by atoms with van der Waals surface area (Å²) in [6.45, 7) is 0. The number of thiol groups is 1. The van der Waals surface area contributed by atoms with E-state index in [4.69, 9.17) is 10.5 Å². The van der Waals surface area contributed by atoms with Gasteiger partial charge in [0.25, 0.3) is 0 Å². The fraction of sp³-hybridized carbons (Fsp3) is 0. The van der Waals surface area contributed by atoms with Crippen molar-refractivity contribution in [3.05, 3.63) is 5.92 Å². The molecule has 6 heteroatoms. The standard InChI is InChI=1S/C4HN2S2.2K/c5-1-3(2-6)4(7)8;;/h(H,7,8);;/q-1;;+1. The second-order valence-electron chi connectivity index (χ2n) is 0.904. The molecule has 2 nitrogen and oxygen atoms in total. The quantitative estimate of drug-likeness (QED) is 0.229. The first-order chi connectivity index (χ1) is 3.72. The van der Waals surface area contributed by atoms with Crippen LogP contribution in [-0.2, 0) is 0 Å². The van der Waals surface area contributed by atoms with Crippen molar-refractivity contribution in [2.24, 2.45) is 0 Å². The van der Waals surface area contributed by atoms with E-state index < -0.39 is 0 Å². The van der Waals surface area contributed by atoms with Crippen molar-refractivity contribution in [3.63, 3.8) is 0 Å². The minimum absolute atomic E-state index is 0. The van der Waals surface area contributed by atoms with E-state index in [0.717, 1.165) is 0 Å². The van der Waals surface area contributed by atoms with Crippen molar-refractivity contribution in [1.29, 1.82) is 10.5 Å². The molecule has 41 valence electrons. The maximum atomic E-state index is 8.05. The van der Waals surface area contributed by atoms with Crippen molar-refractivity contribution in [2.75, 3.05) is 0 Å². The van der Waals surface area contributed by atoms with Crippen LogP contribution in [0, 0.1) is 28.6 Å². The number of thiocarbonyl (C=S) groups is 1. The molecular formula is C4HK2N2S2. The van der Waals surface area contributed by atoms with E-state index >= 15 is 0 Å². The van der Waals surface area contributed by atoms with Gasteiger partial charge in [-0.05, 0) is 0 Å². The van der Waals surface area contributed by atoms with E-state index in [1.807, 2.05) is 0 Å². The van der Waals surface area contributed by atoms with E-state index in [9.17, 15) is 0 Å². The Morgan fingerprint density at radius 1 is 1.40 bits per heavy atom. The SMILES string of the molecule is N#C[C-](C#N)C(=S)S.[K+].[K]. The zero-order valence-electron chi connectivity index (χ0n) is 5.75. The number of hydrogen-bond donors (Lipinski definition) is 1. The van der Waals surface area contributed by atoms with Crippen LogP contribution in [0.1, 0.15) is 0 Å². The van der Waals surface area contributed by atoms with Gasteiger partial charge in [0, 0.05) is 51.4 Å². The van der Waals surface area contributed by atoms with Gasteiger partial charge in [-0.2, -0.15) is 12.6 Å². The van der Waals surface area contributed by atoms with Crippen molar-refractivity contribution < 1.29 is 51.4 Å². The first kappa shape index (κ1) is 18.4. The molecule has 0 aliphatic rings. The molecule has 0 aromatic carbocycles. The molecule has 0 rings (SSSR count). The van der Waals surface area contributed by atoms with Gasteiger partial charge in [-0.1, -0.05) is 16.3 Å². The third-order valence-electron chi connectivity index (χ3n) is 0.437. The van der Waals surface area contributed by atoms with Crippen LogP contribution in [0.15, 0.2) is 0 Å². The number of nitrogens with zero attached hydrogens (tertiary/aromatic N) is 2. The molecule has 0 fully saturated rings. The van der Waals surface area contributed by atoms with Gasteiger partial charge in [0.15, 0.2) is 0 Å². The molecule has 10 heavy (non-hydrogen) atoms. The van der Waals surface area contributed by atoms with Crippen LogP contribution in [0.5, 0.6) is 0 Å². The van der Waals surface area contributed by atoms with E-state index in [-0.39, 0.29) is 113 Å². The molecule has 0 unspecified atom stereocenters. The molecule has 0 amide bonds. The zero-order valence-corrected chi connectivity index (χ0v) is 13.7. The average molecular weight is 219 g/mol. The molecule has 0 aromatic heterocycles. The van der Waals surface area contributed by atoms with Crippen LogP contribution in [0.3, 0.4) is 0 Å². The second-order valence-corrected chi connectivity index (χ2v) is 2.06. The monoisotopic (exact) mass is 219 g/mol. The molecule has 0 heterocycles. The van der Waals surface area contributed by atoms with Crippen LogP contribution in [-0.4, -0.2) is 55.6 Å². The van der Waals surface area contributed by atoms with E-state index in [0.29, 0.717) is 0 Å². The van der Waals surface area contributed by atoms with Crippen molar-refractivity contribution >= 4 is 80.4 Å². The van der Waals surface area contributed by atoms with Crippen molar-refractivity contribution in [2.45, 2.75) is 0 Å². The largest absolute Gasteiger partial charge is 1.00 e. The van der Waals surface area contributed by atoms with Gasteiger partial charge in [-0.3, -0.25) is 0 Å². The Balaban J connectivity index is -0.000000245. The smallest absolute Gasteiger partial charge is 0.233 e.